The number of nitriles is 1. The number of aromatic nitrogens is 4. The number of aromatic amines is 1. The van der Waals surface area contributed by atoms with Crippen LogP contribution in [0.25, 0.3) is 11.5 Å². The highest BCUT2D eigenvalue weighted by atomic mass is 16.5. The second kappa shape index (κ2) is 3.99. The topological polar surface area (TPSA) is 101 Å². The van der Waals surface area contributed by atoms with Crippen LogP contribution < -0.4 is 0 Å². The van der Waals surface area contributed by atoms with Crippen LogP contribution in [0.5, 0.6) is 0 Å². The van der Waals surface area contributed by atoms with Crippen molar-refractivity contribution in [2.24, 2.45) is 0 Å². The van der Waals surface area contributed by atoms with Gasteiger partial charge in [0.2, 0.25) is 5.82 Å². The average Bonchev–Trinajstić information content (AvgIpc) is 3.09. The molecule has 1 N–H and O–H groups in total. The van der Waals surface area contributed by atoms with E-state index in [2.05, 4.69) is 20.3 Å². The normalized spacial score (nSPS) is 19.4. The maximum Gasteiger partial charge on any atom is 0.262 e. The van der Waals surface area contributed by atoms with Crippen molar-refractivity contribution in [3.63, 3.8) is 0 Å². The monoisotopic (exact) mass is 231 g/mol. The van der Waals surface area contributed by atoms with E-state index < -0.39 is 0 Å². The van der Waals surface area contributed by atoms with E-state index >= 15 is 0 Å². The van der Waals surface area contributed by atoms with Gasteiger partial charge in [0.25, 0.3) is 5.89 Å². The van der Waals surface area contributed by atoms with Gasteiger partial charge in [-0.1, -0.05) is 5.16 Å². The molecule has 1 fully saturated rings. The number of ether oxygens (including phenoxy) is 1. The molecule has 86 valence electrons. The van der Waals surface area contributed by atoms with Gasteiger partial charge in [0.05, 0.1) is 11.8 Å². The molecular formula is C10H9N5O2. The third-order valence-electron chi connectivity index (χ3n) is 2.64. The largest absolute Gasteiger partial charge is 0.370 e. The Morgan fingerprint density at radius 3 is 3.24 bits per heavy atom. The Bertz CT molecular complexity index is 561. The van der Waals surface area contributed by atoms with Gasteiger partial charge in [0.1, 0.15) is 17.9 Å². The van der Waals surface area contributed by atoms with Gasteiger partial charge < -0.3 is 9.26 Å². The molecule has 1 saturated heterocycles. The van der Waals surface area contributed by atoms with E-state index in [1.165, 1.54) is 6.20 Å². The highest BCUT2D eigenvalue weighted by molar-refractivity contribution is 5.59. The lowest BCUT2D eigenvalue weighted by molar-refractivity contribution is 0.103. The summed E-state index contributed by atoms with van der Waals surface area (Å²) in [7, 11) is 0. The minimum absolute atomic E-state index is 0.0927. The highest BCUT2D eigenvalue weighted by Gasteiger charge is 2.24. The van der Waals surface area contributed by atoms with E-state index in [9.17, 15) is 0 Å². The zero-order valence-electron chi connectivity index (χ0n) is 8.88. The molecule has 7 heteroatoms. The van der Waals surface area contributed by atoms with Crippen molar-refractivity contribution in [3.05, 3.63) is 17.7 Å². The second-order valence-corrected chi connectivity index (χ2v) is 3.73. The Kier molecular flexibility index (Phi) is 2.34. The molecule has 1 atom stereocenters. The molecule has 7 nitrogen and oxygen atoms in total. The maximum atomic E-state index is 8.85. The van der Waals surface area contributed by atoms with Crippen LogP contribution in [0, 0.1) is 11.3 Å². The van der Waals surface area contributed by atoms with E-state index in [0.29, 0.717) is 23.0 Å². The Morgan fingerprint density at radius 1 is 1.53 bits per heavy atom. The first-order valence-corrected chi connectivity index (χ1v) is 5.27. The molecule has 2 aromatic heterocycles. The van der Waals surface area contributed by atoms with Crippen molar-refractivity contribution < 1.29 is 9.26 Å². The van der Waals surface area contributed by atoms with Crippen molar-refractivity contribution in [1.82, 2.24) is 20.3 Å². The van der Waals surface area contributed by atoms with Crippen LogP contribution in [0.4, 0.5) is 0 Å². The molecular weight excluding hydrogens is 222 g/mol. The lowest BCUT2D eigenvalue weighted by Gasteiger charge is -2.00. The molecule has 2 aromatic rings. The van der Waals surface area contributed by atoms with Gasteiger partial charge in [0, 0.05) is 6.61 Å². The molecule has 0 radical (unpaired) electrons. The predicted octanol–water partition coefficient (Wildman–Crippen LogP) is 1.18. The predicted molar refractivity (Wildman–Crippen MR) is 54.5 cm³/mol. The minimum atomic E-state index is -0.0927. The van der Waals surface area contributed by atoms with Gasteiger partial charge in [-0.05, 0) is 12.8 Å². The van der Waals surface area contributed by atoms with Crippen molar-refractivity contribution in [2.45, 2.75) is 18.9 Å². The number of nitrogens with one attached hydrogen (secondary N) is 1. The minimum Gasteiger partial charge on any atom is -0.370 e. The van der Waals surface area contributed by atoms with E-state index in [4.69, 9.17) is 14.5 Å². The van der Waals surface area contributed by atoms with Gasteiger partial charge in [-0.15, -0.1) is 0 Å². The molecule has 3 heterocycles. The maximum absolute atomic E-state index is 8.85. The molecule has 0 saturated carbocycles. The van der Waals surface area contributed by atoms with E-state index in [0.717, 1.165) is 19.4 Å². The summed E-state index contributed by atoms with van der Waals surface area (Å²) in [5, 5.41) is 19.1. The lowest BCUT2D eigenvalue weighted by Crippen LogP contribution is -1.97. The zero-order valence-corrected chi connectivity index (χ0v) is 8.88. The van der Waals surface area contributed by atoms with Crippen molar-refractivity contribution >= 4 is 0 Å². The van der Waals surface area contributed by atoms with Gasteiger partial charge in [-0.3, -0.25) is 5.10 Å². The highest BCUT2D eigenvalue weighted by Crippen LogP contribution is 2.28. The zero-order chi connectivity index (χ0) is 11.7. The summed E-state index contributed by atoms with van der Waals surface area (Å²) < 4.78 is 10.6. The third kappa shape index (κ3) is 1.68. The first kappa shape index (κ1) is 9.99. The van der Waals surface area contributed by atoms with Crippen molar-refractivity contribution in [2.75, 3.05) is 6.61 Å². The Labute approximate surface area is 96.4 Å². The van der Waals surface area contributed by atoms with Crippen molar-refractivity contribution in [3.8, 4) is 17.5 Å². The van der Waals surface area contributed by atoms with E-state index in [1.54, 1.807) is 0 Å². The number of hydrogen-bond donors (Lipinski definition) is 1. The van der Waals surface area contributed by atoms with E-state index in [-0.39, 0.29) is 6.10 Å². The number of rotatable bonds is 2. The molecule has 17 heavy (non-hydrogen) atoms. The molecule has 1 unspecified atom stereocenters. The third-order valence-corrected chi connectivity index (χ3v) is 2.64. The van der Waals surface area contributed by atoms with E-state index in [1.807, 2.05) is 6.07 Å². The second-order valence-electron chi connectivity index (χ2n) is 3.73. The van der Waals surface area contributed by atoms with Crippen LogP contribution >= 0.6 is 0 Å². The summed E-state index contributed by atoms with van der Waals surface area (Å²) in [6, 6.07) is 1.98. The first-order valence-electron chi connectivity index (χ1n) is 5.27. The SMILES string of the molecule is N#Cc1[nH]ncc1-c1nc(C2CCCO2)no1. The Balaban J connectivity index is 1.92. The van der Waals surface area contributed by atoms with Gasteiger partial charge in [-0.2, -0.15) is 15.3 Å². The molecule has 0 bridgehead atoms. The standard InChI is InChI=1S/C10H9N5O2/c11-4-7-6(5-12-14-7)10-13-9(15-17-10)8-2-1-3-16-8/h5,8H,1-3H2,(H,12,14). The molecule has 1 aliphatic heterocycles. The molecule has 0 spiro atoms. The Hall–Kier alpha value is -2.20. The molecule has 0 aliphatic carbocycles. The number of nitrogens with zero attached hydrogens (tertiary/aromatic N) is 4. The summed E-state index contributed by atoms with van der Waals surface area (Å²) in [4.78, 5) is 4.23. The quantitative estimate of drug-likeness (QED) is 0.832. The number of hydrogen-bond acceptors (Lipinski definition) is 6. The average molecular weight is 231 g/mol. The van der Waals surface area contributed by atoms with Gasteiger partial charge >= 0.3 is 0 Å². The smallest absolute Gasteiger partial charge is 0.262 e. The molecule has 0 amide bonds. The Morgan fingerprint density at radius 2 is 2.47 bits per heavy atom. The van der Waals surface area contributed by atoms with Crippen LogP contribution in [0.1, 0.15) is 30.5 Å². The summed E-state index contributed by atoms with van der Waals surface area (Å²) in [6.07, 6.45) is 3.30. The van der Waals surface area contributed by atoms with Gasteiger partial charge in [0.15, 0.2) is 0 Å². The molecule has 0 aromatic carbocycles. The first-order chi connectivity index (χ1) is 8.38. The summed E-state index contributed by atoms with van der Waals surface area (Å²) in [5.41, 5.74) is 0.830. The van der Waals surface area contributed by atoms with Crippen LogP contribution in [0.15, 0.2) is 10.7 Å². The fourth-order valence-electron chi connectivity index (χ4n) is 1.79. The fourth-order valence-corrected chi connectivity index (χ4v) is 1.79. The van der Waals surface area contributed by atoms with Crippen molar-refractivity contribution in [1.29, 1.82) is 5.26 Å². The summed E-state index contributed by atoms with van der Waals surface area (Å²) in [5.74, 6) is 0.823. The van der Waals surface area contributed by atoms with Crippen LogP contribution in [0.3, 0.4) is 0 Å². The van der Waals surface area contributed by atoms with Gasteiger partial charge in [-0.25, -0.2) is 0 Å². The van der Waals surface area contributed by atoms with Crippen LogP contribution in [-0.4, -0.2) is 26.9 Å². The fraction of sp³-hybridized carbons (Fsp3) is 0.400. The summed E-state index contributed by atoms with van der Waals surface area (Å²) >= 11 is 0. The van der Waals surface area contributed by atoms with Crippen LogP contribution in [0.2, 0.25) is 0 Å². The van der Waals surface area contributed by atoms with Crippen LogP contribution in [-0.2, 0) is 4.74 Å². The molecule has 3 rings (SSSR count). The summed E-state index contributed by atoms with van der Waals surface area (Å²) in [6.45, 7) is 0.726. The lowest BCUT2D eigenvalue weighted by atomic mass is 10.2. The number of H-pyrrole nitrogens is 1. The molecule has 1 aliphatic rings.